The van der Waals surface area contributed by atoms with Crippen LogP contribution in [0.4, 0.5) is 0 Å². The molecule has 0 unspecified atom stereocenters. The molecule has 1 aliphatic heterocycles. The van der Waals surface area contributed by atoms with Crippen LogP contribution < -0.4 is 0 Å². The molecule has 4 nitrogen and oxygen atoms in total. The Morgan fingerprint density at radius 1 is 1.00 bits per heavy atom. The molecule has 1 amide bonds. The maximum absolute atomic E-state index is 12.6. The van der Waals surface area contributed by atoms with Gasteiger partial charge in [0.1, 0.15) is 0 Å². The molecule has 0 aromatic rings. The van der Waals surface area contributed by atoms with Crippen LogP contribution in [0.1, 0.15) is 58.3 Å². The van der Waals surface area contributed by atoms with Gasteiger partial charge in [-0.15, -0.1) is 0 Å². The number of ether oxygens (including phenoxy) is 1. The van der Waals surface area contributed by atoms with E-state index in [0.717, 1.165) is 32.2 Å². The van der Waals surface area contributed by atoms with Gasteiger partial charge in [0, 0.05) is 19.0 Å². The summed E-state index contributed by atoms with van der Waals surface area (Å²) in [4.78, 5) is 26.4. The number of nitrogens with zero attached hydrogens (tertiary/aromatic N) is 1. The van der Waals surface area contributed by atoms with Gasteiger partial charge >= 0.3 is 5.97 Å². The largest absolute Gasteiger partial charge is 0.466 e. The standard InChI is InChI=1S/C16H27NO3/c1-2-20-16(19)14-10-7-11-17(12-14)15(18)13-8-5-3-4-6-9-13/h13-14H,2-12H2,1H3/t14-/m0/s1. The van der Waals surface area contributed by atoms with E-state index in [2.05, 4.69) is 0 Å². The summed E-state index contributed by atoms with van der Waals surface area (Å²) in [7, 11) is 0. The van der Waals surface area contributed by atoms with E-state index < -0.39 is 0 Å². The fourth-order valence-electron chi connectivity index (χ4n) is 3.41. The molecule has 0 bridgehead atoms. The SMILES string of the molecule is CCOC(=O)[C@H]1CCCN(C(=O)C2CCCCCC2)C1. The summed E-state index contributed by atoms with van der Waals surface area (Å²) in [5, 5.41) is 0. The Kier molecular flexibility index (Phi) is 5.86. The van der Waals surface area contributed by atoms with Crippen molar-refractivity contribution in [1.82, 2.24) is 4.90 Å². The fourth-order valence-corrected chi connectivity index (χ4v) is 3.41. The highest BCUT2D eigenvalue weighted by Gasteiger charge is 2.32. The molecule has 1 saturated heterocycles. The van der Waals surface area contributed by atoms with Crippen molar-refractivity contribution in [3.8, 4) is 0 Å². The van der Waals surface area contributed by atoms with Gasteiger partial charge in [-0.25, -0.2) is 0 Å². The zero-order chi connectivity index (χ0) is 14.4. The first kappa shape index (κ1) is 15.3. The van der Waals surface area contributed by atoms with E-state index in [1.165, 1.54) is 25.7 Å². The van der Waals surface area contributed by atoms with Crippen LogP contribution in [0.3, 0.4) is 0 Å². The van der Waals surface area contributed by atoms with E-state index in [1.54, 1.807) is 0 Å². The Labute approximate surface area is 121 Å². The highest BCUT2D eigenvalue weighted by atomic mass is 16.5. The van der Waals surface area contributed by atoms with Crippen LogP contribution in [-0.4, -0.2) is 36.5 Å². The number of carbonyl (C=O) groups is 2. The predicted molar refractivity (Wildman–Crippen MR) is 77.1 cm³/mol. The van der Waals surface area contributed by atoms with Gasteiger partial charge in [-0.1, -0.05) is 25.7 Å². The second kappa shape index (κ2) is 7.65. The summed E-state index contributed by atoms with van der Waals surface area (Å²) >= 11 is 0. The number of likely N-dealkylation sites (tertiary alicyclic amines) is 1. The summed E-state index contributed by atoms with van der Waals surface area (Å²) in [6.45, 7) is 3.63. The number of piperidine rings is 1. The summed E-state index contributed by atoms with van der Waals surface area (Å²) in [6.07, 6.45) is 8.69. The van der Waals surface area contributed by atoms with Crippen LogP contribution >= 0.6 is 0 Å². The highest BCUT2D eigenvalue weighted by Crippen LogP contribution is 2.27. The van der Waals surface area contributed by atoms with E-state index in [1.807, 2.05) is 11.8 Å². The van der Waals surface area contributed by atoms with Crippen LogP contribution in [0, 0.1) is 11.8 Å². The Morgan fingerprint density at radius 3 is 2.30 bits per heavy atom. The average molecular weight is 281 g/mol. The lowest BCUT2D eigenvalue weighted by Crippen LogP contribution is -2.45. The van der Waals surface area contributed by atoms with Crippen molar-refractivity contribution in [1.29, 1.82) is 0 Å². The van der Waals surface area contributed by atoms with Crippen molar-refractivity contribution >= 4 is 11.9 Å². The fraction of sp³-hybridized carbons (Fsp3) is 0.875. The first-order valence-corrected chi connectivity index (χ1v) is 8.17. The van der Waals surface area contributed by atoms with E-state index in [0.29, 0.717) is 13.2 Å². The molecule has 1 heterocycles. The number of hydrogen-bond acceptors (Lipinski definition) is 3. The molecule has 2 rings (SSSR count). The molecule has 0 aromatic carbocycles. The Hall–Kier alpha value is -1.06. The first-order chi connectivity index (χ1) is 9.72. The van der Waals surface area contributed by atoms with Crippen LogP contribution in [0.15, 0.2) is 0 Å². The molecule has 114 valence electrons. The molecule has 20 heavy (non-hydrogen) atoms. The maximum atomic E-state index is 12.6. The lowest BCUT2D eigenvalue weighted by Gasteiger charge is -2.33. The Balaban J connectivity index is 1.90. The zero-order valence-electron chi connectivity index (χ0n) is 12.6. The predicted octanol–water partition coefficient (Wildman–Crippen LogP) is 2.76. The van der Waals surface area contributed by atoms with E-state index in [-0.39, 0.29) is 23.7 Å². The van der Waals surface area contributed by atoms with Crippen LogP contribution in [0.5, 0.6) is 0 Å². The summed E-state index contributed by atoms with van der Waals surface area (Å²) < 4.78 is 5.10. The lowest BCUT2D eigenvalue weighted by molar-refractivity contribution is -0.152. The van der Waals surface area contributed by atoms with E-state index in [4.69, 9.17) is 4.74 Å². The van der Waals surface area contributed by atoms with Gasteiger partial charge in [-0.3, -0.25) is 9.59 Å². The minimum absolute atomic E-state index is 0.113. The number of rotatable bonds is 3. The van der Waals surface area contributed by atoms with Crippen LogP contribution in [0.2, 0.25) is 0 Å². The van der Waals surface area contributed by atoms with Crippen molar-refractivity contribution in [3.05, 3.63) is 0 Å². The van der Waals surface area contributed by atoms with Gasteiger partial charge in [-0.2, -0.15) is 0 Å². The van der Waals surface area contributed by atoms with E-state index >= 15 is 0 Å². The molecule has 0 radical (unpaired) electrons. The van der Waals surface area contributed by atoms with Crippen LogP contribution in [0.25, 0.3) is 0 Å². The Morgan fingerprint density at radius 2 is 1.65 bits per heavy atom. The molecular weight excluding hydrogens is 254 g/mol. The van der Waals surface area contributed by atoms with Crippen molar-refractivity contribution in [2.45, 2.75) is 58.3 Å². The summed E-state index contributed by atoms with van der Waals surface area (Å²) in [6, 6.07) is 0. The molecule has 2 aliphatic rings. The monoisotopic (exact) mass is 281 g/mol. The second-order valence-corrected chi connectivity index (χ2v) is 6.06. The summed E-state index contributed by atoms with van der Waals surface area (Å²) in [5.41, 5.74) is 0. The molecular formula is C16H27NO3. The number of esters is 1. The minimum atomic E-state index is -0.133. The average Bonchev–Trinajstić information content (AvgIpc) is 2.76. The maximum Gasteiger partial charge on any atom is 0.310 e. The second-order valence-electron chi connectivity index (χ2n) is 6.06. The van der Waals surface area contributed by atoms with Crippen molar-refractivity contribution in [3.63, 3.8) is 0 Å². The zero-order valence-corrected chi connectivity index (χ0v) is 12.6. The van der Waals surface area contributed by atoms with Gasteiger partial charge in [0.05, 0.1) is 12.5 Å². The normalized spacial score (nSPS) is 25.1. The van der Waals surface area contributed by atoms with E-state index in [9.17, 15) is 9.59 Å². The third-order valence-corrected chi connectivity index (χ3v) is 4.56. The molecule has 2 fully saturated rings. The van der Waals surface area contributed by atoms with Gasteiger partial charge in [0.25, 0.3) is 0 Å². The molecule has 0 aromatic heterocycles. The topological polar surface area (TPSA) is 46.6 Å². The Bertz CT molecular complexity index is 335. The van der Waals surface area contributed by atoms with Crippen molar-refractivity contribution in [2.24, 2.45) is 11.8 Å². The highest BCUT2D eigenvalue weighted by molar-refractivity contribution is 5.80. The molecule has 0 N–H and O–H groups in total. The third-order valence-electron chi connectivity index (χ3n) is 4.56. The number of carbonyl (C=O) groups excluding carboxylic acids is 2. The number of amides is 1. The molecule has 4 heteroatoms. The van der Waals surface area contributed by atoms with Gasteiger partial charge in [0.15, 0.2) is 0 Å². The van der Waals surface area contributed by atoms with Gasteiger partial charge < -0.3 is 9.64 Å². The van der Waals surface area contributed by atoms with Gasteiger partial charge in [0.2, 0.25) is 5.91 Å². The smallest absolute Gasteiger partial charge is 0.310 e. The quantitative estimate of drug-likeness (QED) is 0.590. The summed E-state index contributed by atoms with van der Waals surface area (Å²) in [5.74, 6) is 0.226. The first-order valence-electron chi connectivity index (χ1n) is 8.17. The van der Waals surface area contributed by atoms with Crippen molar-refractivity contribution < 1.29 is 14.3 Å². The van der Waals surface area contributed by atoms with Crippen molar-refractivity contribution in [2.75, 3.05) is 19.7 Å². The van der Waals surface area contributed by atoms with Crippen LogP contribution in [-0.2, 0) is 14.3 Å². The molecule has 0 spiro atoms. The third kappa shape index (κ3) is 3.97. The minimum Gasteiger partial charge on any atom is -0.466 e. The molecule has 1 aliphatic carbocycles. The molecule has 1 saturated carbocycles. The lowest BCUT2D eigenvalue weighted by atomic mass is 9.94. The number of hydrogen-bond donors (Lipinski definition) is 0. The van der Waals surface area contributed by atoms with Gasteiger partial charge in [-0.05, 0) is 32.6 Å². The molecule has 1 atom stereocenters.